The first-order chi connectivity index (χ1) is 4.68. The van der Waals surface area contributed by atoms with Crippen molar-refractivity contribution < 1.29 is 0 Å². The van der Waals surface area contributed by atoms with E-state index in [4.69, 9.17) is 0 Å². The molecular formula is C10H19. The third kappa shape index (κ3) is 4.60. The lowest BCUT2D eigenvalue weighted by atomic mass is 9.99. The first kappa shape index (κ1) is 9.74. The largest absolute Gasteiger partial charge is 0.0996 e. The maximum Gasteiger partial charge on any atom is -0.0263 e. The van der Waals surface area contributed by atoms with Crippen LogP contribution in [0.4, 0.5) is 0 Å². The second-order valence-corrected chi connectivity index (χ2v) is 3.12. The molecule has 0 amide bonds. The SMILES string of the molecule is [CH2]CCCCC(=C)C(C)C. The lowest BCUT2D eigenvalue weighted by Crippen LogP contribution is -1.91. The van der Waals surface area contributed by atoms with Gasteiger partial charge in [0.2, 0.25) is 0 Å². The van der Waals surface area contributed by atoms with Crippen molar-refractivity contribution in [2.24, 2.45) is 5.92 Å². The van der Waals surface area contributed by atoms with Crippen molar-refractivity contribution in [3.63, 3.8) is 0 Å². The first-order valence-electron chi connectivity index (χ1n) is 4.15. The zero-order valence-corrected chi connectivity index (χ0v) is 7.32. The minimum Gasteiger partial charge on any atom is -0.0996 e. The summed E-state index contributed by atoms with van der Waals surface area (Å²) in [5.41, 5.74) is 1.38. The molecule has 0 aliphatic carbocycles. The number of allylic oxidation sites excluding steroid dienone is 1. The molecule has 0 aromatic rings. The highest BCUT2D eigenvalue weighted by molar-refractivity contribution is 4.96. The molecule has 0 unspecified atom stereocenters. The molecule has 0 spiro atoms. The molecule has 0 aromatic carbocycles. The molecule has 0 heteroatoms. The molecule has 1 radical (unpaired) electrons. The van der Waals surface area contributed by atoms with Crippen molar-refractivity contribution in [1.29, 1.82) is 0 Å². The average Bonchev–Trinajstić information content (AvgIpc) is 1.88. The molecule has 0 saturated heterocycles. The van der Waals surface area contributed by atoms with E-state index in [1.165, 1.54) is 24.8 Å². The molecular weight excluding hydrogens is 120 g/mol. The summed E-state index contributed by atoms with van der Waals surface area (Å²) in [6.45, 7) is 12.2. The Hall–Kier alpha value is -0.260. The zero-order valence-electron chi connectivity index (χ0n) is 7.32. The van der Waals surface area contributed by atoms with Gasteiger partial charge in [-0.2, -0.15) is 0 Å². The Morgan fingerprint density at radius 3 is 2.30 bits per heavy atom. The third-order valence-electron chi connectivity index (χ3n) is 1.81. The number of hydrogen-bond acceptors (Lipinski definition) is 0. The standard InChI is InChI=1S/C10H19/c1-5-6-7-8-10(4)9(2)3/h9H,1,4-8H2,2-3H3. The smallest absolute Gasteiger partial charge is 0.0263 e. The van der Waals surface area contributed by atoms with E-state index in [0.29, 0.717) is 5.92 Å². The Bertz CT molecular complexity index is 90.2. The van der Waals surface area contributed by atoms with Crippen molar-refractivity contribution >= 4 is 0 Å². The van der Waals surface area contributed by atoms with E-state index >= 15 is 0 Å². The fourth-order valence-corrected chi connectivity index (χ4v) is 0.818. The Labute approximate surface area is 65.3 Å². The van der Waals surface area contributed by atoms with Crippen LogP contribution in [0.2, 0.25) is 0 Å². The molecule has 0 aliphatic rings. The quantitative estimate of drug-likeness (QED) is 0.403. The summed E-state index contributed by atoms with van der Waals surface area (Å²) in [5, 5.41) is 0. The van der Waals surface area contributed by atoms with E-state index in [2.05, 4.69) is 27.4 Å². The van der Waals surface area contributed by atoms with Crippen LogP contribution in [0.3, 0.4) is 0 Å². The van der Waals surface area contributed by atoms with Gasteiger partial charge in [-0.25, -0.2) is 0 Å². The van der Waals surface area contributed by atoms with Gasteiger partial charge in [-0.15, -0.1) is 0 Å². The number of unbranched alkanes of at least 4 members (excludes halogenated alkanes) is 2. The van der Waals surface area contributed by atoms with Gasteiger partial charge in [0.05, 0.1) is 0 Å². The average molecular weight is 139 g/mol. The van der Waals surface area contributed by atoms with Crippen molar-refractivity contribution in [3.05, 3.63) is 19.1 Å². The highest BCUT2D eigenvalue weighted by Crippen LogP contribution is 2.14. The van der Waals surface area contributed by atoms with Crippen molar-refractivity contribution in [1.82, 2.24) is 0 Å². The molecule has 0 aliphatic heterocycles. The maximum absolute atomic E-state index is 4.01. The molecule has 0 aromatic heterocycles. The van der Waals surface area contributed by atoms with E-state index in [9.17, 15) is 0 Å². The predicted molar refractivity (Wildman–Crippen MR) is 47.8 cm³/mol. The molecule has 0 fully saturated rings. The van der Waals surface area contributed by atoms with Crippen LogP contribution in [0.5, 0.6) is 0 Å². The number of rotatable bonds is 5. The molecule has 0 heterocycles. The van der Waals surface area contributed by atoms with Gasteiger partial charge in [0.25, 0.3) is 0 Å². The predicted octanol–water partition coefficient (Wildman–Crippen LogP) is 3.59. The second-order valence-electron chi connectivity index (χ2n) is 3.12. The highest BCUT2D eigenvalue weighted by atomic mass is 14.0. The van der Waals surface area contributed by atoms with Crippen molar-refractivity contribution in [2.45, 2.75) is 39.5 Å². The summed E-state index contributed by atoms with van der Waals surface area (Å²) in [6.07, 6.45) is 4.75. The van der Waals surface area contributed by atoms with Gasteiger partial charge in [-0.1, -0.05) is 45.8 Å². The van der Waals surface area contributed by atoms with Crippen molar-refractivity contribution in [3.8, 4) is 0 Å². The lowest BCUT2D eigenvalue weighted by Gasteiger charge is -2.07. The van der Waals surface area contributed by atoms with Crippen LogP contribution in [0, 0.1) is 12.8 Å². The minimum absolute atomic E-state index is 0.657. The molecule has 0 rings (SSSR count). The lowest BCUT2D eigenvalue weighted by molar-refractivity contribution is 0.662. The minimum atomic E-state index is 0.657. The summed E-state index contributed by atoms with van der Waals surface area (Å²) in [4.78, 5) is 0. The Kier molecular flexibility index (Phi) is 5.38. The highest BCUT2D eigenvalue weighted by Gasteiger charge is 1.98. The number of hydrogen-bond donors (Lipinski definition) is 0. The topological polar surface area (TPSA) is 0 Å². The monoisotopic (exact) mass is 139 g/mol. The van der Waals surface area contributed by atoms with E-state index < -0.39 is 0 Å². The first-order valence-corrected chi connectivity index (χ1v) is 4.15. The Balaban J connectivity index is 3.22. The van der Waals surface area contributed by atoms with Crippen LogP contribution in [0.15, 0.2) is 12.2 Å². The normalized spacial score (nSPS) is 10.4. The van der Waals surface area contributed by atoms with Crippen LogP contribution in [0.1, 0.15) is 39.5 Å². The fourth-order valence-electron chi connectivity index (χ4n) is 0.818. The van der Waals surface area contributed by atoms with Gasteiger partial charge < -0.3 is 0 Å². The maximum atomic E-state index is 4.01. The van der Waals surface area contributed by atoms with Crippen LogP contribution < -0.4 is 0 Å². The molecule has 0 saturated carbocycles. The van der Waals surface area contributed by atoms with Gasteiger partial charge in [0.15, 0.2) is 0 Å². The molecule has 0 bridgehead atoms. The van der Waals surface area contributed by atoms with Gasteiger partial charge in [-0.05, 0) is 18.8 Å². The van der Waals surface area contributed by atoms with E-state index in [-0.39, 0.29) is 0 Å². The molecule has 59 valence electrons. The Morgan fingerprint density at radius 1 is 1.30 bits per heavy atom. The zero-order chi connectivity index (χ0) is 7.98. The van der Waals surface area contributed by atoms with Crippen LogP contribution in [-0.2, 0) is 0 Å². The van der Waals surface area contributed by atoms with E-state index in [0.717, 1.165) is 6.42 Å². The third-order valence-corrected chi connectivity index (χ3v) is 1.81. The van der Waals surface area contributed by atoms with Gasteiger partial charge in [0, 0.05) is 0 Å². The van der Waals surface area contributed by atoms with Gasteiger partial charge in [-0.3, -0.25) is 0 Å². The van der Waals surface area contributed by atoms with Crippen LogP contribution in [0.25, 0.3) is 0 Å². The van der Waals surface area contributed by atoms with Crippen LogP contribution in [-0.4, -0.2) is 0 Å². The molecule has 10 heavy (non-hydrogen) atoms. The Morgan fingerprint density at radius 2 is 1.90 bits per heavy atom. The molecule has 0 nitrogen and oxygen atoms in total. The second kappa shape index (κ2) is 5.52. The van der Waals surface area contributed by atoms with E-state index in [1.54, 1.807) is 0 Å². The summed E-state index contributed by atoms with van der Waals surface area (Å²) < 4.78 is 0. The van der Waals surface area contributed by atoms with Gasteiger partial charge >= 0.3 is 0 Å². The van der Waals surface area contributed by atoms with Crippen LogP contribution >= 0.6 is 0 Å². The van der Waals surface area contributed by atoms with E-state index in [1.807, 2.05) is 0 Å². The summed E-state index contributed by atoms with van der Waals surface area (Å²) in [6, 6.07) is 0. The molecule has 0 atom stereocenters. The molecule has 0 N–H and O–H groups in total. The summed E-state index contributed by atoms with van der Waals surface area (Å²) >= 11 is 0. The van der Waals surface area contributed by atoms with Gasteiger partial charge in [0.1, 0.15) is 0 Å². The van der Waals surface area contributed by atoms with Crippen molar-refractivity contribution in [2.75, 3.05) is 0 Å². The summed E-state index contributed by atoms with van der Waals surface area (Å²) in [7, 11) is 0. The fraction of sp³-hybridized carbons (Fsp3) is 0.700. The summed E-state index contributed by atoms with van der Waals surface area (Å²) in [5.74, 6) is 0.657.